The SMILES string of the molecule is CCC(O)c1ccc(N(CC)C(C)C)cn1. The topological polar surface area (TPSA) is 36.4 Å². The Hall–Kier alpha value is -1.09. The van der Waals surface area contributed by atoms with Crippen molar-refractivity contribution in [1.82, 2.24) is 4.98 Å². The number of rotatable bonds is 5. The summed E-state index contributed by atoms with van der Waals surface area (Å²) in [6.07, 6.45) is 2.11. The molecule has 1 heterocycles. The van der Waals surface area contributed by atoms with Crippen molar-refractivity contribution < 1.29 is 5.11 Å². The normalized spacial score (nSPS) is 12.9. The molecule has 1 N–H and O–H groups in total. The average molecular weight is 222 g/mol. The van der Waals surface area contributed by atoms with Gasteiger partial charge < -0.3 is 10.0 Å². The minimum atomic E-state index is -0.442. The zero-order valence-corrected chi connectivity index (χ0v) is 10.6. The molecule has 1 atom stereocenters. The van der Waals surface area contributed by atoms with Crippen molar-refractivity contribution >= 4 is 5.69 Å². The number of nitrogens with zero attached hydrogens (tertiary/aromatic N) is 2. The van der Waals surface area contributed by atoms with Crippen LogP contribution in [0.4, 0.5) is 5.69 Å². The van der Waals surface area contributed by atoms with Gasteiger partial charge in [0.25, 0.3) is 0 Å². The van der Waals surface area contributed by atoms with Gasteiger partial charge in [-0.15, -0.1) is 0 Å². The second kappa shape index (κ2) is 5.85. The third kappa shape index (κ3) is 2.95. The number of aliphatic hydroxyl groups excluding tert-OH is 1. The van der Waals surface area contributed by atoms with Crippen molar-refractivity contribution in [3.05, 3.63) is 24.0 Å². The zero-order valence-electron chi connectivity index (χ0n) is 10.6. The molecule has 3 nitrogen and oxygen atoms in total. The largest absolute Gasteiger partial charge is 0.387 e. The molecule has 0 amide bonds. The first kappa shape index (κ1) is 13.0. The molecular weight excluding hydrogens is 200 g/mol. The van der Waals surface area contributed by atoms with E-state index in [1.54, 1.807) is 0 Å². The Bertz CT molecular complexity index is 308. The Labute approximate surface area is 98.1 Å². The molecule has 16 heavy (non-hydrogen) atoms. The molecule has 0 spiro atoms. The van der Waals surface area contributed by atoms with Gasteiger partial charge in [0.1, 0.15) is 0 Å². The summed E-state index contributed by atoms with van der Waals surface area (Å²) in [5.41, 5.74) is 1.87. The van der Waals surface area contributed by atoms with Gasteiger partial charge in [0.15, 0.2) is 0 Å². The van der Waals surface area contributed by atoms with Crippen LogP contribution in [-0.2, 0) is 0 Å². The highest BCUT2D eigenvalue weighted by atomic mass is 16.3. The second-order valence-electron chi connectivity index (χ2n) is 4.25. The minimum Gasteiger partial charge on any atom is -0.387 e. The molecule has 0 aromatic carbocycles. The predicted molar refractivity (Wildman–Crippen MR) is 67.6 cm³/mol. The van der Waals surface area contributed by atoms with Gasteiger partial charge in [-0.2, -0.15) is 0 Å². The highest BCUT2D eigenvalue weighted by Crippen LogP contribution is 2.19. The lowest BCUT2D eigenvalue weighted by Crippen LogP contribution is -2.30. The van der Waals surface area contributed by atoms with E-state index >= 15 is 0 Å². The van der Waals surface area contributed by atoms with Crippen molar-refractivity contribution in [3.8, 4) is 0 Å². The van der Waals surface area contributed by atoms with Gasteiger partial charge in [-0.25, -0.2) is 0 Å². The van der Waals surface area contributed by atoms with Crippen LogP contribution >= 0.6 is 0 Å². The summed E-state index contributed by atoms with van der Waals surface area (Å²) in [5, 5.41) is 9.65. The quantitative estimate of drug-likeness (QED) is 0.832. The third-order valence-corrected chi connectivity index (χ3v) is 2.79. The van der Waals surface area contributed by atoms with Crippen LogP contribution in [-0.4, -0.2) is 22.7 Å². The molecule has 0 bridgehead atoms. The second-order valence-corrected chi connectivity index (χ2v) is 4.25. The summed E-state index contributed by atoms with van der Waals surface area (Å²) in [4.78, 5) is 6.58. The van der Waals surface area contributed by atoms with Crippen LogP contribution in [0.25, 0.3) is 0 Å². The van der Waals surface area contributed by atoms with E-state index in [4.69, 9.17) is 0 Å². The minimum absolute atomic E-state index is 0.442. The number of aromatic nitrogens is 1. The fraction of sp³-hybridized carbons (Fsp3) is 0.615. The zero-order chi connectivity index (χ0) is 12.1. The molecule has 0 aliphatic rings. The van der Waals surface area contributed by atoms with Crippen LogP contribution in [0.3, 0.4) is 0 Å². The van der Waals surface area contributed by atoms with E-state index < -0.39 is 6.10 Å². The molecule has 0 saturated carbocycles. The van der Waals surface area contributed by atoms with Gasteiger partial charge in [0, 0.05) is 12.6 Å². The van der Waals surface area contributed by atoms with E-state index in [1.807, 2.05) is 25.3 Å². The first-order valence-electron chi connectivity index (χ1n) is 6.00. The molecular formula is C13H22N2O. The van der Waals surface area contributed by atoms with Gasteiger partial charge in [-0.1, -0.05) is 6.92 Å². The molecule has 0 aliphatic heterocycles. The van der Waals surface area contributed by atoms with E-state index in [0.29, 0.717) is 12.5 Å². The number of hydrogen-bond donors (Lipinski definition) is 1. The van der Waals surface area contributed by atoms with Crippen molar-refractivity contribution in [2.75, 3.05) is 11.4 Å². The Balaban J connectivity index is 2.85. The number of pyridine rings is 1. The monoisotopic (exact) mass is 222 g/mol. The van der Waals surface area contributed by atoms with Crippen LogP contribution in [0, 0.1) is 0 Å². The summed E-state index contributed by atoms with van der Waals surface area (Å²) in [6.45, 7) is 9.38. The third-order valence-electron chi connectivity index (χ3n) is 2.79. The Morgan fingerprint density at radius 3 is 2.38 bits per heavy atom. The van der Waals surface area contributed by atoms with E-state index in [0.717, 1.165) is 17.9 Å². The van der Waals surface area contributed by atoms with Crippen LogP contribution in [0.2, 0.25) is 0 Å². The molecule has 1 rings (SSSR count). The maximum absolute atomic E-state index is 9.65. The van der Waals surface area contributed by atoms with Gasteiger partial charge in [0.2, 0.25) is 0 Å². The molecule has 0 aliphatic carbocycles. The first-order valence-corrected chi connectivity index (χ1v) is 6.00. The van der Waals surface area contributed by atoms with Crippen LogP contribution in [0.15, 0.2) is 18.3 Å². The Kier molecular flexibility index (Phi) is 4.74. The van der Waals surface area contributed by atoms with Crippen LogP contribution < -0.4 is 4.90 Å². The highest BCUT2D eigenvalue weighted by molar-refractivity contribution is 5.45. The summed E-state index contributed by atoms with van der Waals surface area (Å²) in [6, 6.07) is 4.41. The van der Waals surface area contributed by atoms with Crippen molar-refractivity contribution in [1.29, 1.82) is 0 Å². The molecule has 1 unspecified atom stereocenters. The highest BCUT2D eigenvalue weighted by Gasteiger charge is 2.10. The van der Waals surface area contributed by atoms with Gasteiger partial charge >= 0.3 is 0 Å². The standard InChI is InChI=1S/C13H22N2O/c1-5-13(16)12-8-7-11(9-14-12)15(6-2)10(3)4/h7-10,13,16H,5-6H2,1-4H3. The lowest BCUT2D eigenvalue weighted by atomic mass is 10.1. The summed E-state index contributed by atoms with van der Waals surface area (Å²) < 4.78 is 0. The van der Waals surface area contributed by atoms with Crippen molar-refractivity contribution in [3.63, 3.8) is 0 Å². The molecule has 0 fully saturated rings. The van der Waals surface area contributed by atoms with Crippen LogP contribution in [0.1, 0.15) is 45.9 Å². The summed E-state index contributed by atoms with van der Waals surface area (Å²) in [5.74, 6) is 0. The number of anilines is 1. The fourth-order valence-corrected chi connectivity index (χ4v) is 1.82. The molecule has 3 heteroatoms. The lowest BCUT2D eigenvalue weighted by Gasteiger charge is -2.27. The number of aliphatic hydroxyl groups is 1. The summed E-state index contributed by atoms with van der Waals surface area (Å²) in [7, 11) is 0. The number of hydrogen-bond acceptors (Lipinski definition) is 3. The van der Waals surface area contributed by atoms with E-state index in [2.05, 4.69) is 30.7 Å². The maximum Gasteiger partial charge on any atom is 0.0957 e. The Morgan fingerprint density at radius 1 is 1.31 bits per heavy atom. The molecule has 0 saturated heterocycles. The first-order chi connectivity index (χ1) is 7.60. The van der Waals surface area contributed by atoms with Crippen molar-refractivity contribution in [2.24, 2.45) is 0 Å². The average Bonchev–Trinajstić information content (AvgIpc) is 2.29. The van der Waals surface area contributed by atoms with Crippen molar-refractivity contribution in [2.45, 2.75) is 46.3 Å². The van der Waals surface area contributed by atoms with Gasteiger partial charge in [-0.05, 0) is 39.3 Å². The molecule has 1 aromatic heterocycles. The van der Waals surface area contributed by atoms with E-state index in [-0.39, 0.29) is 0 Å². The molecule has 90 valence electrons. The lowest BCUT2D eigenvalue weighted by molar-refractivity contribution is 0.169. The predicted octanol–water partition coefficient (Wildman–Crippen LogP) is 2.76. The van der Waals surface area contributed by atoms with Gasteiger partial charge in [-0.3, -0.25) is 4.98 Å². The van der Waals surface area contributed by atoms with E-state index in [9.17, 15) is 5.11 Å². The molecule has 1 aromatic rings. The van der Waals surface area contributed by atoms with Gasteiger partial charge in [0.05, 0.1) is 23.7 Å². The van der Waals surface area contributed by atoms with E-state index in [1.165, 1.54) is 0 Å². The Morgan fingerprint density at radius 2 is 2.00 bits per heavy atom. The fourth-order valence-electron chi connectivity index (χ4n) is 1.82. The maximum atomic E-state index is 9.65. The summed E-state index contributed by atoms with van der Waals surface area (Å²) >= 11 is 0. The van der Waals surface area contributed by atoms with Crippen LogP contribution in [0.5, 0.6) is 0 Å². The smallest absolute Gasteiger partial charge is 0.0957 e. The molecule has 0 radical (unpaired) electrons.